The van der Waals surface area contributed by atoms with Gasteiger partial charge in [0.05, 0.1) is 5.92 Å². The lowest BCUT2D eigenvalue weighted by Gasteiger charge is -2.31. The largest absolute Gasteiger partial charge is 0.373 e. The Labute approximate surface area is 172 Å². The number of carbonyl (C=O) groups is 1. The Balaban J connectivity index is 1.48. The summed E-state index contributed by atoms with van der Waals surface area (Å²) < 4.78 is 14.2. The summed E-state index contributed by atoms with van der Waals surface area (Å²) in [6, 6.07) is 14.6. The van der Waals surface area contributed by atoms with Crippen LogP contribution in [-0.2, 0) is 11.3 Å². The van der Waals surface area contributed by atoms with Crippen molar-refractivity contribution in [1.82, 2.24) is 9.80 Å². The van der Waals surface area contributed by atoms with Crippen LogP contribution in [0.1, 0.15) is 30.0 Å². The highest BCUT2D eigenvalue weighted by Gasteiger charge is 2.62. The van der Waals surface area contributed by atoms with Gasteiger partial charge < -0.3 is 10.0 Å². The molecule has 0 unspecified atom stereocenters. The highest BCUT2D eigenvalue weighted by molar-refractivity contribution is 9.10. The first-order valence-electron chi connectivity index (χ1n) is 9.79. The number of likely N-dealkylation sites (tertiary alicyclic amines) is 1. The van der Waals surface area contributed by atoms with Crippen molar-refractivity contribution in [3.63, 3.8) is 0 Å². The average molecular weight is 445 g/mol. The van der Waals surface area contributed by atoms with E-state index in [1.807, 2.05) is 12.1 Å². The smallest absolute Gasteiger partial charge is 0.230 e. The zero-order valence-corrected chi connectivity index (χ0v) is 16.9. The molecule has 3 aliphatic rings. The zero-order valence-electron chi connectivity index (χ0n) is 15.3. The van der Waals surface area contributed by atoms with Crippen LogP contribution in [0, 0.1) is 17.7 Å². The molecule has 2 aromatic rings. The maximum Gasteiger partial charge on any atom is 0.230 e. The third-order valence-electron chi connectivity index (χ3n) is 6.61. The van der Waals surface area contributed by atoms with Gasteiger partial charge in [0, 0.05) is 29.0 Å². The molecule has 1 N–H and O–H groups in total. The summed E-state index contributed by atoms with van der Waals surface area (Å²) in [4.78, 5) is 17.4. The number of fused-ring (bicyclic) bond motifs is 3. The van der Waals surface area contributed by atoms with Gasteiger partial charge in [-0.2, -0.15) is 0 Å². The summed E-state index contributed by atoms with van der Waals surface area (Å²) in [6.07, 6.45) is 1.32. The van der Waals surface area contributed by atoms with E-state index in [1.165, 1.54) is 12.1 Å². The number of amides is 1. The Bertz CT molecular complexity index is 888. The van der Waals surface area contributed by atoms with E-state index in [2.05, 4.69) is 33.0 Å². The van der Waals surface area contributed by atoms with Crippen molar-refractivity contribution in [3.8, 4) is 0 Å². The molecule has 0 saturated carbocycles. The summed E-state index contributed by atoms with van der Waals surface area (Å²) in [7, 11) is 0. The standard InChI is InChI=1S/C22H22BrFN2O2/c23-15-7-5-14(6-8-15)20-19-18(17-2-1-11-25(17)20)21(27)26(22(19)28)12-13-3-9-16(24)10-4-13/h3-10,17-21,27H,1-2,11-12H2/t17-,18-,19-,20-,21-/m0/s1. The van der Waals surface area contributed by atoms with Crippen LogP contribution in [0.15, 0.2) is 53.0 Å². The highest BCUT2D eigenvalue weighted by atomic mass is 79.9. The minimum absolute atomic E-state index is 0.00384. The normalized spacial score (nSPS) is 32.0. The van der Waals surface area contributed by atoms with Gasteiger partial charge in [-0.15, -0.1) is 0 Å². The quantitative estimate of drug-likeness (QED) is 0.784. The molecular formula is C22H22BrFN2O2. The van der Waals surface area contributed by atoms with Crippen LogP contribution in [-0.4, -0.2) is 39.6 Å². The molecule has 5 atom stereocenters. The Morgan fingerprint density at radius 3 is 2.54 bits per heavy atom. The van der Waals surface area contributed by atoms with Gasteiger partial charge in [-0.05, 0) is 54.8 Å². The second-order valence-electron chi connectivity index (χ2n) is 8.05. The van der Waals surface area contributed by atoms with Crippen LogP contribution in [0.25, 0.3) is 0 Å². The molecule has 146 valence electrons. The van der Waals surface area contributed by atoms with Gasteiger partial charge in [0.25, 0.3) is 0 Å². The SMILES string of the molecule is O=C1[C@H]2[C@@H]([C@H](O)N1Cc1ccc(F)cc1)[C@@H]1CCCN1[C@H]2c1ccc(Br)cc1. The number of aliphatic hydroxyl groups excluding tert-OH is 1. The Kier molecular flexibility index (Phi) is 4.53. The number of nitrogens with zero attached hydrogens (tertiary/aromatic N) is 2. The van der Waals surface area contributed by atoms with Crippen LogP contribution in [0.4, 0.5) is 4.39 Å². The van der Waals surface area contributed by atoms with E-state index in [1.54, 1.807) is 17.0 Å². The minimum atomic E-state index is -0.798. The monoisotopic (exact) mass is 444 g/mol. The van der Waals surface area contributed by atoms with E-state index in [9.17, 15) is 14.3 Å². The first-order chi connectivity index (χ1) is 13.5. The number of carbonyl (C=O) groups excluding carboxylic acids is 1. The van der Waals surface area contributed by atoms with Crippen molar-refractivity contribution in [3.05, 3.63) is 69.9 Å². The lowest BCUT2D eigenvalue weighted by molar-refractivity contribution is -0.138. The van der Waals surface area contributed by atoms with Crippen LogP contribution >= 0.6 is 15.9 Å². The van der Waals surface area contributed by atoms with Crippen molar-refractivity contribution >= 4 is 21.8 Å². The molecule has 3 fully saturated rings. The number of benzene rings is 2. The molecule has 2 aromatic carbocycles. The fourth-order valence-corrected chi connectivity index (χ4v) is 5.72. The third kappa shape index (κ3) is 2.81. The molecule has 3 saturated heterocycles. The fraction of sp³-hybridized carbons (Fsp3) is 0.409. The predicted molar refractivity (Wildman–Crippen MR) is 107 cm³/mol. The summed E-state index contributed by atoms with van der Waals surface area (Å²) in [5.41, 5.74) is 1.96. The molecule has 1 amide bonds. The second kappa shape index (κ2) is 6.94. The van der Waals surface area contributed by atoms with Crippen LogP contribution in [0.3, 0.4) is 0 Å². The highest BCUT2D eigenvalue weighted by Crippen LogP contribution is 2.54. The number of halogens is 2. The summed E-state index contributed by atoms with van der Waals surface area (Å²) >= 11 is 3.48. The molecule has 0 aliphatic carbocycles. The van der Waals surface area contributed by atoms with Gasteiger partial charge in [-0.25, -0.2) is 4.39 Å². The Morgan fingerprint density at radius 2 is 1.82 bits per heavy atom. The molecule has 28 heavy (non-hydrogen) atoms. The Hall–Kier alpha value is -1.76. The maximum atomic E-state index is 13.4. The van der Waals surface area contributed by atoms with Crippen LogP contribution in [0.5, 0.6) is 0 Å². The number of rotatable bonds is 3. The van der Waals surface area contributed by atoms with Crippen molar-refractivity contribution in [2.24, 2.45) is 11.8 Å². The van der Waals surface area contributed by atoms with Crippen LogP contribution < -0.4 is 0 Å². The summed E-state index contributed by atoms with van der Waals surface area (Å²) in [5, 5.41) is 11.1. The first kappa shape index (κ1) is 18.3. The first-order valence-corrected chi connectivity index (χ1v) is 10.6. The van der Waals surface area contributed by atoms with E-state index in [-0.39, 0.29) is 35.6 Å². The van der Waals surface area contributed by atoms with E-state index < -0.39 is 6.23 Å². The van der Waals surface area contributed by atoms with E-state index in [0.717, 1.165) is 35.0 Å². The van der Waals surface area contributed by atoms with E-state index in [4.69, 9.17) is 0 Å². The van der Waals surface area contributed by atoms with Crippen LogP contribution in [0.2, 0.25) is 0 Å². The van der Waals surface area contributed by atoms with Crippen molar-refractivity contribution in [2.75, 3.05) is 6.54 Å². The molecule has 4 nitrogen and oxygen atoms in total. The lowest BCUT2D eigenvalue weighted by atomic mass is 9.85. The van der Waals surface area contributed by atoms with Gasteiger partial charge in [-0.3, -0.25) is 9.69 Å². The van der Waals surface area contributed by atoms with Gasteiger partial charge in [-0.1, -0.05) is 40.2 Å². The molecular weight excluding hydrogens is 423 g/mol. The third-order valence-corrected chi connectivity index (χ3v) is 7.14. The number of hydrogen-bond donors (Lipinski definition) is 1. The molecule has 0 radical (unpaired) electrons. The van der Waals surface area contributed by atoms with E-state index >= 15 is 0 Å². The lowest BCUT2D eigenvalue weighted by Crippen LogP contribution is -2.41. The van der Waals surface area contributed by atoms with Crippen molar-refractivity contribution in [2.45, 2.75) is 37.7 Å². The molecule has 0 aromatic heterocycles. The van der Waals surface area contributed by atoms with Crippen molar-refractivity contribution < 1.29 is 14.3 Å². The molecule has 0 spiro atoms. The molecule has 3 aliphatic heterocycles. The minimum Gasteiger partial charge on any atom is -0.373 e. The number of hydrogen-bond acceptors (Lipinski definition) is 3. The predicted octanol–water partition coefficient (Wildman–Crippen LogP) is 3.70. The Morgan fingerprint density at radius 1 is 1.11 bits per heavy atom. The van der Waals surface area contributed by atoms with Gasteiger partial charge in [0.1, 0.15) is 12.0 Å². The van der Waals surface area contributed by atoms with Gasteiger partial charge in [0.2, 0.25) is 5.91 Å². The van der Waals surface area contributed by atoms with E-state index in [0.29, 0.717) is 6.54 Å². The van der Waals surface area contributed by atoms with Crippen molar-refractivity contribution in [1.29, 1.82) is 0 Å². The molecule has 3 heterocycles. The fourth-order valence-electron chi connectivity index (χ4n) is 5.46. The summed E-state index contributed by atoms with van der Waals surface area (Å²) in [6.45, 7) is 1.28. The molecule has 0 bridgehead atoms. The van der Waals surface area contributed by atoms with Gasteiger partial charge >= 0.3 is 0 Å². The molecule has 5 rings (SSSR count). The average Bonchev–Trinajstić information content (AvgIpc) is 3.33. The van der Waals surface area contributed by atoms with Gasteiger partial charge in [0.15, 0.2) is 0 Å². The topological polar surface area (TPSA) is 43.8 Å². The zero-order chi connectivity index (χ0) is 19.4. The maximum absolute atomic E-state index is 13.4. The summed E-state index contributed by atoms with van der Waals surface area (Å²) in [5.74, 6) is -0.610. The molecule has 6 heteroatoms. The second-order valence-corrected chi connectivity index (χ2v) is 8.97. The number of aliphatic hydroxyl groups is 1.